The van der Waals surface area contributed by atoms with E-state index in [0.717, 1.165) is 29.7 Å². The van der Waals surface area contributed by atoms with Crippen LogP contribution in [-0.2, 0) is 10.3 Å². The molecule has 6 nitrogen and oxygen atoms in total. The van der Waals surface area contributed by atoms with Gasteiger partial charge in [0.25, 0.3) is 5.91 Å². The number of carboxylic acids is 1. The lowest BCUT2D eigenvalue weighted by Crippen LogP contribution is -2.34. The molecule has 27 heavy (non-hydrogen) atoms. The van der Waals surface area contributed by atoms with Crippen molar-refractivity contribution >= 4 is 11.9 Å². The molecule has 1 heterocycles. The molecule has 0 aliphatic heterocycles. The molecule has 2 aromatic rings. The monoisotopic (exact) mass is 369 g/mol. The Balaban J connectivity index is 1.88. The van der Waals surface area contributed by atoms with Gasteiger partial charge in [-0.2, -0.15) is 5.10 Å². The maximum Gasteiger partial charge on any atom is 0.330 e. The molecular weight excluding hydrogens is 342 g/mol. The first-order valence-electron chi connectivity index (χ1n) is 9.29. The number of hydrogen-bond acceptors (Lipinski definition) is 3. The molecule has 2 N–H and O–H groups in total. The largest absolute Gasteiger partial charge is 0.479 e. The number of rotatable bonds is 5. The van der Waals surface area contributed by atoms with Gasteiger partial charge in [0.05, 0.1) is 5.54 Å². The van der Waals surface area contributed by atoms with Gasteiger partial charge in [-0.3, -0.25) is 9.48 Å². The van der Waals surface area contributed by atoms with Crippen LogP contribution >= 0.6 is 0 Å². The molecule has 6 heteroatoms. The Labute approximate surface area is 159 Å². The number of aliphatic carboxylic acids is 1. The molecule has 1 amide bonds. The van der Waals surface area contributed by atoms with Gasteiger partial charge in [-0.05, 0) is 70.2 Å². The predicted octanol–water partition coefficient (Wildman–Crippen LogP) is 3.69. The molecule has 1 unspecified atom stereocenters. The van der Waals surface area contributed by atoms with Crippen LogP contribution in [-0.4, -0.2) is 26.8 Å². The van der Waals surface area contributed by atoms with Crippen LogP contribution in [0.1, 0.15) is 78.4 Å². The standard InChI is InChI=1S/C21H27N3O3/c1-12-6-7-15(10-13(12)2)18(20(26)27)22-19(25)16-11-17(14-8-9-14)24(23-16)21(3,4)5/h6-7,10-11,14,18H,8-9H2,1-5H3,(H,22,25)(H,26,27). The normalized spacial score (nSPS) is 15.4. The van der Waals surface area contributed by atoms with E-state index in [2.05, 4.69) is 10.4 Å². The number of amides is 1. The first-order valence-corrected chi connectivity index (χ1v) is 9.29. The number of benzene rings is 1. The molecule has 0 saturated heterocycles. The van der Waals surface area contributed by atoms with Crippen molar-refractivity contribution in [2.45, 2.75) is 65.0 Å². The third kappa shape index (κ3) is 4.04. The van der Waals surface area contributed by atoms with Crippen molar-refractivity contribution in [1.29, 1.82) is 0 Å². The van der Waals surface area contributed by atoms with Crippen LogP contribution in [0.5, 0.6) is 0 Å². The maximum atomic E-state index is 12.8. The number of nitrogens with zero attached hydrogens (tertiary/aromatic N) is 2. The molecule has 0 spiro atoms. The zero-order chi connectivity index (χ0) is 19.9. The van der Waals surface area contributed by atoms with E-state index in [1.165, 1.54) is 0 Å². The molecule has 1 saturated carbocycles. The van der Waals surface area contributed by atoms with Gasteiger partial charge in [0, 0.05) is 11.6 Å². The van der Waals surface area contributed by atoms with Crippen molar-refractivity contribution in [2.75, 3.05) is 0 Å². The van der Waals surface area contributed by atoms with Crippen molar-refractivity contribution in [3.8, 4) is 0 Å². The highest BCUT2D eigenvalue weighted by Gasteiger charge is 2.33. The number of aromatic nitrogens is 2. The summed E-state index contributed by atoms with van der Waals surface area (Å²) in [7, 11) is 0. The summed E-state index contributed by atoms with van der Waals surface area (Å²) in [6.07, 6.45) is 2.20. The van der Waals surface area contributed by atoms with E-state index in [1.807, 2.05) is 45.4 Å². The van der Waals surface area contributed by atoms with Crippen LogP contribution in [0.3, 0.4) is 0 Å². The zero-order valence-corrected chi connectivity index (χ0v) is 16.5. The van der Waals surface area contributed by atoms with Crippen molar-refractivity contribution in [3.05, 3.63) is 52.3 Å². The van der Waals surface area contributed by atoms with Gasteiger partial charge in [-0.25, -0.2) is 4.79 Å². The topological polar surface area (TPSA) is 84.2 Å². The molecular formula is C21H27N3O3. The third-order valence-electron chi connectivity index (χ3n) is 4.99. The molecule has 1 atom stereocenters. The Hall–Kier alpha value is -2.63. The van der Waals surface area contributed by atoms with Crippen molar-refractivity contribution in [1.82, 2.24) is 15.1 Å². The second kappa shape index (κ2) is 6.83. The van der Waals surface area contributed by atoms with Crippen LogP contribution in [0.2, 0.25) is 0 Å². The number of aryl methyl sites for hydroxylation is 2. The summed E-state index contributed by atoms with van der Waals surface area (Å²) >= 11 is 0. The molecule has 1 fully saturated rings. The fourth-order valence-corrected chi connectivity index (χ4v) is 3.15. The SMILES string of the molecule is Cc1ccc(C(NC(=O)c2cc(C3CC3)n(C(C)(C)C)n2)C(=O)O)cc1C. The number of carboxylic acid groups (broad SMARTS) is 1. The van der Waals surface area contributed by atoms with E-state index < -0.39 is 17.9 Å². The smallest absolute Gasteiger partial charge is 0.330 e. The minimum atomic E-state index is -1.11. The van der Waals surface area contributed by atoms with E-state index in [9.17, 15) is 14.7 Å². The van der Waals surface area contributed by atoms with Crippen LogP contribution < -0.4 is 5.32 Å². The second-order valence-corrected chi connectivity index (χ2v) is 8.40. The summed E-state index contributed by atoms with van der Waals surface area (Å²) < 4.78 is 1.89. The number of hydrogen-bond donors (Lipinski definition) is 2. The quantitative estimate of drug-likeness (QED) is 0.842. The summed E-state index contributed by atoms with van der Waals surface area (Å²) in [5.41, 5.74) is 3.69. The lowest BCUT2D eigenvalue weighted by atomic mass is 10.0. The highest BCUT2D eigenvalue weighted by Crippen LogP contribution is 2.41. The fourth-order valence-electron chi connectivity index (χ4n) is 3.15. The predicted molar refractivity (Wildman–Crippen MR) is 103 cm³/mol. The Morgan fingerprint density at radius 1 is 1.19 bits per heavy atom. The molecule has 1 aromatic heterocycles. The number of nitrogens with one attached hydrogen (secondary N) is 1. The minimum absolute atomic E-state index is 0.239. The van der Waals surface area contributed by atoms with Crippen molar-refractivity contribution in [3.63, 3.8) is 0 Å². The summed E-state index contributed by atoms with van der Waals surface area (Å²) in [5, 5.41) is 16.8. The van der Waals surface area contributed by atoms with Crippen LogP contribution in [0.25, 0.3) is 0 Å². The van der Waals surface area contributed by atoms with Crippen molar-refractivity contribution in [2.24, 2.45) is 0 Å². The Morgan fingerprint density at radius 3 is 2.37 bits per heavy atom. The van der Waals surface area contributed by atoms with E-state index in [-0.39, 0.29) is 11.2 Å². The molecule has 144 valence electrons. The van der Waals surface area contributed by atoms with Gasteiger partial charge >= 0.3 is 5.97 Å². The van der Waals surface area contributed by atoms with Gasteiger partial charge in [-0.1, -0.05) is 18.2 Å². The fraction of sp³-hybridized carbons (Fsp3) is 0.476. The number of carbonyl (C=O) groups excluding carboxylic acids is 1. The number of carbonyl (C=O) groups is 2. The molecule has 1 aliphatic carbocycles. The third-order valence-corrected chi connectivity index (χ3v) is 4.99. The highest BCUT2D eigenvalue weighted by molar-refractivity contribution is 5.95. The van der Waals surface area contributed by atoms with Gasteiger partial charge < -0.3 is 10.4 Å². The Kier molecular flexibility index (Phi) is 4.84. The summed E-state index contributed by atoms with van der Waals surface area (Å²) in [5.74, 6) is -1.12. The minimum Gasteiger partial charge on any atom is -0.479 e. The van der Waals surface area contributed by atoms with E-state index >= 15 is 0 Å². The summed E-state index contributed by atoms with van der Waals surface area (Å²) in [6, 6.07) is 6.10. The average molecular weight is 369 g/mol. The Bertz CT molecular complexity index is 889. The zero-order valence-electron chi connectivity index (χ0n) is 16.5. The van der Waals surface area contributed by atoms with E-state index in [0.29, 0.717) is 11.5 Å². The summed E-state index contributed by atoms with van der Waals surface area (Å²) in [6.45, 7) is 10.0. The molecule has 3 rings (SSSR count). The summed E-state index contributed by atoms with van der Waals surface area (Å²) in [4.78, 5) is 24.5. The molecule has 0 radical (unpaired) electrons. The first-order chi connectivity index (χ1) is 12.6. The van der Waals surface area contributed by atoms with Gasteiger partial charge in [0.1, 0.15) is 0 Å². The molecule has 1 aliphatic rings. The first kappa shape index (κ1) is 19.1. The van der Waals surface area contributed by atoms with Gasteiger partial charge in [0.15, 0.2) is 11.7 Å². The van der Waals surface area contributed by atoms with Crippen LogP contribution in [0.4, 0.5) is 0 Å². The average Bonchev–Trinajstić information content (AvgIpc) is 3.31. The van der Waals surface area contributed by atoms with Crippen LogP contribution in [0, 0.1) is 13.8 Å². The second-order valence-electron chi connectivity index (χ2n) is 8.40. The van der Waals surface area contributed by atoms with Gasteiger partial charge in [-0.15, -0.1) is 0 Å². The maximum absolute atomic E-state index is 12.8. The molecule has 0 bridgehead atoms. The highest BCUT2D eigenvalue weighted by atomic mass is 16.4. The van der Waals surface area contributed by atoms with Crippen molar-refractivity contribution < 1.29 is 14.7 Å². The van der Waals surface area contributed by atoms with Crippen LogP contribution in [0.15, 0.2) is 24.3 Å². The lowest BCUT2D eigenvalue weighted by molar-refractivity contribution is -0.139. The van der Waals surface area contributed by atoms with E-state index in [4.69, 9.17) is 0 Å². The Morgan fingerprint density at radius 2 is 1.85 bits per heavy atom. The molecule has 1 aromatic carbocycles. The lowest BCUT2D eigenvalue weighted by Gasteiger charge is -2.22. The van der Waals surface area contributed by atoms with Gasteiger partial charge in [0.2, 0.25) is 0 Å². The van der Waals surface area contributed by atoms with E-state index in [1.54, 1.807) is 18.2 Å².